The summed E-state index contributed by atoms with van der Waals surface area (Å²) in [4.78, 5) is 14.2. The second-order valence-electron chi connectivity index (χ2n) is 4.88. The maximum atomic E-state index is 12.4. The van der Waals surface area contributed by atoms with Gasteiger partial charge in [0.1, 0.15) is 0 Å². The Morgan fingerprint density at radius 3 is 2.84 bits per heavy atom. The van der Waals surface area contributed by atoms with Crippen LogP contribution in [0.5, 0.6) is 0 Å². The Morgan fingerprint density at radius 1 is 1.37 bits per heavy atom. The Balaban J connectivity index is 2.07. The molecular weight excluding hydrogens is 283 g/mol. The van der Waals surface area contributed by atoms with E-state index in [0.717, 1.165) is 31.4 Å². The zero-order valence-corrected chi connectivity index (χ0v) is 12.3. The predicted octanol–water partition coefficient (Wildman–Crippen LogP) is 2.88. The monoisotopic (exact) mass is 300 g/mol. The van der Waals surface area contributed by atoms with E-state index in [9.17, 15) is 4.79 Å². The maximum Gasteiger partial charge on any atom is 0.227 e. The van der Waals surface area contributed by atoms with Gasteiger partial charge in [0.15, 0.2) is 0 Å². The van der Waals surface area contributed by atoms with Gasteiger partial charge in [0.2, 0.25) is 5.91 Å². The first-order valence-electron chi connectivity index (χ1n) is 6.55. The van der Waals surface area contributed by atoms with Crippen LogP contribution < -0.4 is 5.73 Å². The number of amides is 1. The molecule has 2 rings (SSSR count). The van der Waals surface area contributed by atoms with Crippen LogP contribution in [0.15, 0.2) is 18.2 Å². The van der Waals surface area contributed by atoms with E-state index in [-0.39, 0.29) is 11.9 Å². The van der Waals surface area contributed by atoms with E-state index in [1.54, 1.807) is 12.1 Å². The topological polar surface area (TPSA) is 46.3 Å². The highest BCUT2D eigenvalue weighted by Crippen LogP contribution is 2.23. The third-order valence-corrected chi connectivity index (χ3v) is 4.16. The van der Waals surface area contributed by atoms with Gasteiger partial charge in [-0.1, -0.05) is 29.3 Å². The third kappa shape index (κ3) is 3.62. The van der Waals surface area contributed by atoms with Crippen molar-refractivity contribution in [3.05, 3.63) is 33.8 Å². The number of halogens is 2. The normalized spacial score (nSPS) is 19.5. The van der Waals surface area contributed by atoms with Gasteiger partial charge in [-0.2, -0.15) is 0 Å². The van der Waals surface area contributed by atoms with E-state index in [1.165, 1.54) is 0 Å². The fourth-order valence-electron chi connectivity index (χ4n) is 2.50. The smallest absolute Gasteiger partial charge is 0.227 e. The molecule has 0 aromatic heterocycles. The molecule has 1 amide bonds. The number of nitrogens with two attached hydrogens (primary N) is 1. The van der Waals surface area contributed by atoms with Crippen LogP contribution in [-0.2, 0) is 11.2 Å². The lowest BCUT2D eigenvalue weighted by Crippen LogP contribution is -2.48. The number of rotatable bonds is 3. The van der Waals surface area contributed by atoms with Crippen LogP contribution in [0, 0.1) is 0 Å². The molecule has 1 heterocycles. The molecule has 1 aromatic rings. The number of nitrogens with zero attached hydrogens (tertiary/aromatic N) is 1. The van der Waals surface area contributed by atoms with E-state index < -0.39 is 0 Å². The van der Waals surface area contributed by atoms with Gasteiger partial charge >= 0.3 is 0 Å². The molecule has 1 fully saturated rings. The first kappa shape index (κ1) is 14.6. The van der Waals surface area contributed by atoms with Crippen molar-refractivity contribution in [3.8, 4) is 0 Å². The third-order valence-electron chi connectivity index (χ3n) is 3.58. The highest BCUT2D eigenvalue weighted by atomic mass is 35.5. The van der Waals surface area contributed by atoms with Gasteiger partial charge in [-0.05, 0) is 37.0 Å². The highest BCUT2D eigenvalue weighted by Gasteiger charge is 2.25. The largest absolute Gasteiger partial charge is 0.338 e. The number of hydrogen-bond acceptors (Lipinski definition) is 2. The number of hydrogen-bond donors (Lipinski definition) is 1. The molecule has 0 saturated carbocycles. The van der Waals surface area contributed by atoms with Gasteiger partial charge in [0, 0.05) is 29.2 Å². The zero-order chi connectivity index (χ0) is 13.8. The zero-order valence-electron chi connectivity index (χ0n) is 10.7. The average molecular weight is 301 g/mol. The number of carbonyl (C=O) groups excluding carboxylic acids is 1. The molecule has 3 nitrogen and oxygen atoms in total. The molecule has 0 radical (unpaired) electrons. The van der Waals surface area contributed by atoms with Crippen molar-refractivity contribution in [1.29, 1.82) is 0 Å². The van der Waals surface area contributed by atoms with Crippen molar-refractivity contribution >= 4 is 29.1 Å². The quantitative estimate of drug-likeness (QED) is 0.933. The molecule has 1 saturated heterocycles. The second-order valence-corrected chi connectivity index (χ2v) is 5.73. The van der Waals surface area contributed by atoms with Crippen molar-refractivity contribution in [3.63, 3.8) is 0 Å². The van der Waals surface area contributed by atoms with Crippen LogP contribution in [0.2, 0.25) is 10.0 Å². The van der Waals surface area contributed by atoms with Crippen LogP contribution in [0.1, 0.15) is 24.8 Å². The number of benzene rings is 1. The van der Waals surface area contributed by atoms with Crippen LogP contribution >= 0.6 is 23.2 Å². The molecule has 2 N–H and O–H groups in total. The molecule has 1 aromatic carbocycles. The summed E-state index contributed by atoms with van der Waals surface area (Å²) < 4.78 is 0. The fourth-order valence-corrected chi connectivity index (χ4v) is 2.98. The van der Waals surface area contributed by atoms with Gasteiger partial charge < -0.3 is 10.6 Å². The van der Waals surface area contributed by atoms with Crippen LogP contribution in [-0.4, -0.2) is 29.9 Å². The number of carbonyl (C=O) groups is 1. The van der Waals surface area contributed by atoms with E-state index in [2.05, 4.69) is 0 Å². The molecule has 0 bridgehead atoms. The first-order chi connectivity index (χ1) is 9.11. The molecule has 5 heteroatoms. The molecular formula is C14H18Cl2N2O. The maximum absolute atomic E-state index is 12.4. The van der Waals surface area contributed by atoms with Crippen LogP contribution in [0.4, 0.5) is 0 Å². The first-order valence-corrected chi connectivity index (χ1v) is 7.31. The Kier molecular flexibility index (Phi) is 5.08. The van der Waals surface area contributed by atoms with Gasteiger partial charge in [-0.25, -0.2) is 0 Å². The van der Waals surface area contributed by atoms with E-state index in [1.807, 2.05) is 11.0 Å². The van der Waals surface area contributed by atoms with Gasteiger partial charge in [0.25, 0.3) is 0 Å². The summed E-state index contributed by atoms with van der Waals surface area (Å²) >= 11 is 12.0. The van der Waals surface area contributed by atoms with E-state index in [4.69, 9.17) is 28.9 Å². The van der Waals surface area contributed by atoms with Gasteiger partial charge in [-0.15, -0.1) is 0 Å². The molecule has 1 aliphatic rings. The molecule has 1 unspecified atom stereocenters. The van der Waals surface area contributed by atoms with Gasteiger partial charge in [-0.3, -0.25) is 4.79 Å². The Hall–Kier alpha value is -0.770. The molecule has 1 atom stereocenters. The summed E-state index contributed by atoms with van der Waals surface area (Å²) in [7, 11) is 0. The second kappa shape index (κ2) is 6.60. The lowest BCUT2D eigenvalue weighted by atomic mass is 10.0. The van der Waals surface area contributed by atoms with Gasteiger partial charge in [0.05, 0.1) is 6.42 Å². The molecule has 19 heavy (non-hydrogen) atoms. The number of likely N-dealkylation sites (tertiary alicyclic amines) is 1. The van der Waals surface area contributed by atoms with E-state index in [0.29, 0.717) is 23.0 Å². The lowest BCUT2D eigenvalue weighted by Gasteiger charge is -2.35. The summed E-state index contributed by atoms with van der Waals surface area (Å²) in [6.45, 7) is 1.33. The summed E-state index contributed by atoms with van der Waals surface area (Å²) in [5.74, 6) is 0.0966. The van der Waals surface area contributed by atoms with Crippen molar-refractivity contribution in [2.45, 2.75) is 31.7 Å². The predicted molar refractivity (Wildman–Crippen MR) is 78.6 cm³/mol. The minimum Gasteiger partial charge on any atom is -0.338 e. The summed E-state index contributed by atoms with van der Waals surface area (Å²) in [6.07, 6.45) is 3.51. The van der Waals surface area contributed by atoms with Crippen LogP contribution in [0.25, 0.3) is 0 Å². The summed E-state index contributed by atoms with van der Waals surface area (Å²) in [6, 6.07) is 5.41. The van der Waals surface area contributed by atoms with E-state index >= 15 is 0 Å². The van der Waals surface area contributed by atoms with Crippen molar-refractivity contribution < 1.29 is 4.79 Å². The van der Waals surface area contributed by atoms with Crippen molar-refractivity contribution in [2.24, 2.45) is 5.73 Å². The summed E-state index contributed by atoms with van der Waals surface area (Å²) in [5, 5.41) is 1.13. The van der Waals surface area contributed by atoms with Crippen molar-refractivity contribution in [1.82, 2.24) is 4.90 Å². The lowest BCUT2D eigenvalue weighted by molar-refractivity contribution is -0.133. The van der Waals surface area contributed by atoms with Crippen molar-refractivity contribution in [2.75, 3.05) is 13.1 Å². The molecule has 0 aliphatic carbocycles. The molecule has 0 spiro atoms. The standard InChI is InChI=1S/C14H18Cl2N2O/c15-11-5-4-10(13(16)8-11)7-14(19)18-6-2-1-3-12(18)9-17/h4-5,8,12H,1-3,6-7,9,17H2. The average Bonchev–Trinajstić information content (AvgIpc) is 2.41. The Bertz CT molecular complexity index is 465. The minimum absolute atomic E-state index is 0.0966. The Morgan fingerprint density at radius 2 is 2.16 bits per heavy atom. The molecule has 104 valence electrons. The minimum atomic E-state index is 0.0966. The molecule has 1 aliphatic heterocycles. The Labute approximate surface area is 123 Å². The fraction of sp³-hybridized carbons (Fsp3) is 0.500. The highest BCUT2D eigenvalue weighted by molar-refractivity contribution is 6.35. The van der Waals surface area contributed by atoms with Crippen LogP contribution in [0.3, 0.4) is 0 Å². The number of piperidine rings is 1. The summed E-state index contributed by atoms with van der Waals surface area (Å²) in [5.41, 5.74) is 6.55. The SMILES string of the molecule is NCC1CCCCN1C(=O)Cc1ccc(Cl)cc1Cl.